The van der Waals surface area contributed by atoms with E-state index < -0.39 is 0 Å². The summed E-state index contributed by atoms with van der Waals surface area (Å²) < 4.78 is 4.34. The van der Waals surface area contributed by atoms with Gasteiger partial charge in [0.2, 0.25) is 0 Å². The van der Waals surface area contributed by atoms with Gasteiger partial charge in [-0.05, 0) is 92.4 Å². The van der Waals surface area contributed by atoms with Crippen LogP contribution in [0.4, 0.5) is 0 Å². The van der Waals surface area contributed by atoms with Crippen LogP contribution in [0.2, 0.25) is 0 Å². The van der Waals surface area contributed by atoms with Crippen molar-refractivity contribution < 1.29 is 0 Å². The molecule has 0 fully saturated rings. The minimum absolute atomic E-state index is 0.432. The maximum Gasteiger partial charge on any atom is 0.178 e. The zero-order valence-corrected chi connectivity index (χ0v) is 16.0. The highest BCUT2D eigenvalue weighted by Crippen LogP contribution is 2.23. The molecule has 0 bridgehead atoms. The summed E-state index contributed by atoms with van der Waals surface area (Å²) in [6.07, 6.45) is 2.37. The number of hydrogen-bond acceptors (Lipinski definition) is 2. The Balaban J connectivity index is 2.11. The zero-order chi connectivity index (χ0) is 15.4. The molecule has 2 aromatic rings. The van der Waals surface area contributed by atoms with Crippen LogP contribution in [0.5, 0.6) is 0 Å². The van der Waals surface area contributed by atoms with Crippen LogP contribution in [0, 0.1) is 8.34 Å². The van der Waals surface area contributed by atoms with Gasteiger partial charge in [-0.15, -0.1) is 0 Å². The van der Waals surface area contributed by atoms with Gasteiger partial charge in [0.05, 0.1) is 11.0 Å². The topological polar surface area (TPSA) is 24.0 Å². The molecule has 1 unspecified atom stereocenters. The van der Waals surface area contributed by atoms with Crippen molar-refractivity contribution in [2.45, 2.75) is 39.7 Å². The molecule has 116 valence electrons. The molecule has 0 aliphatic carbocycles. The van der Waals surface area contributed by atoms with E-state index in [0.29, 0.717) is 6.04 Å². The first-order chi connectivity index (χ1) is 10.1. The number of H-pyrrole nitrogens is 1. The third-order valence-corrected chi connectivity index (χ3v) is 5.08. The van der Waals surface area contributed by atoms with Crippen LogP contribution < -0.4 is 0 Å². The van der Waals surface area contributed by atoms with Crippen LogP contribution in [0.15, 0.2) is 18.2 Å². The highest BCUT2D eigenvalue weighted by Gasteiger charge is 2.11. The largest absolute Gasteiger partial charge is 0.331 e. The van der Waals surface area contributed by atoms with Crippen LogP contribution in [0.1, 0.15) is 39.7 Å². The molecule has 0 saturated heterocycles. The number of fused-ring (bicyclic) bond motifs is 1. The lowest BCUT2D eigenvalue weighted by Crippen LogP contribution is -2.24. The molecule has 0 radical (unpaired) electrons. The molecule has 1 N–H and O–H groups in total. The fourth-order valence-corrected chi connectivity index (χ4v) is 3.70. The van der Waals surface area contributed by atoms with E-state index in [0.717, 1.165) is 29.8 Å². The first-order valence-corrected chi connectivity index (χ1v) is 9.17. The number of nitrogens with one attached hydrogen (secondary N) is 1. The van der Waals surface area contributed by atoms with Crippen LogP contribution in [0.25, 0.3) is 11.0 Å². The summed E-state index contributed by atoms with van der Waals surface area (Å²) in [4.78, 5) is 5.81. The Hall–Kier alpha value is -0.400. The molecule has 0 amide bonds. The Morgan fingerprint density at radius 3 is 2.71 bits per heavy atom. The van der Waals surface area contributed by atoms with E-state index in [1.807, 2.05) is 0 Å². The van der Waals surface area contributed by atoms with Crippen molar-refractivity contribution in [3.8, 4) is 0 Å². The number of hydrogen-bond donors (Lipinski definition) is 1. The number of nitrogens with zero attached hydrogens (tertiary/aromatic N) is 2. The number of halogens is 1. The SMILES string of the molecule is CCN(CC)CCCC(C)n1c(=S)[nH]c2cc(I)ccc21. The Morgan fingerprint density at radius 2 is 2.05 bits per heavy atom. The van der Waals surface area contributed by atoms with E-state index >= 15 is 0 Å². The molecule has 1 atom stereocenters. The Bertz CT molecular complexity index is 642. The number of aromatic amines is 1. The molecule has 1 aromatic carbocycles. The summed E-state index contributed by atoms with van der Waals surface area (Å²) in [6, 6.07) is 6.90. The van der Waals surface area contributed by atoms with Crippen LogP contribution >= 0.6 is 34.8 Å². The standard InChI is InChI=1S/C16H24IN3S/c1-4-19(5-2)10-6-7-12(3)20-15-9-8-13(17)11-14(15)18-16(20)21/h8-9,11-12H,4-7,10H2,1-3H3,(H,18,21). The monoisotopic (exact) mass is 417 g/mol. The summed E-state index contributed by atoms with van der Waals surface area (Å²) in [7, 11) is 0. The Kier molecular flexibility index (Phi) is 6.25. The molecule has 3 nitrogen and oxygen atoms in total. The third-order valence-electron chi connectivity index (χ3n) is 4.11. The van der Waals surface area contributed by atoms with Crippen molar-refractivity contribution >= 4 is 45.8 Å². The summed E-state index contributed by atoms with van der Waals surface area (Å²) in [6.45, 7) is 10.2. The van der Waals surface area contributed by atoms with Gasteiger partial charge in [0.1, 0.15) is 0 Å². The molecule has 5 heteroatoms. The summed E-state index contributed by atoms with van der Waals surface area (Å²) >= 11 is 7.85. The minimum atomic E-state index is 0.432. The van der Waals surface area contributed by atoms with E-state index in [2.05, 4.69) is 76.0 Å². The first-order valence-electron chi connectivity index (χ1n) is 7.69. The van der Waals surface area contributed by atoms with Gasteiger partial charge in [0.15, 0.2) is 4.77 Å². The fourth-order valence-electron chi connectivity index (χ4n) is 2.82. The molecule has 0 saturated carbocycles. The Labute approximate surface area is 145 Å². The highest BCUT2D eigenvalue weighted by atomic mass is 127. The predicted octanol–water partition coefficient (Wildman–Crippen LogP) is 4.99. The second kappa shape index (κ2) is 7.74. The minimum Gasteiger partial charge on any atom is -0.331 e. The lowest BCUT2D eigenvalue weighted by Gasteiger charge is -2.20. The predicted molar refractivity (Wildman–Crippen MR) is 102 cm³/mol. The van der Waals surface area contributed by atoms with Gasteiger partial charge in [0.25, 0.3) is 0 Å². The van der Waals surface area contributed by atoms with Crippen molar-refractivity contribution in [1.29, 1.82) is 0 Å². The van der Waals surface area contributed by atoms with Crippen molar-refractivity contribution in [2.75, 3.05) is 19.6 Å². The Morgan fingerprint density at radius 1 is 1.33 bits per heavy atom. The summed E-state index contributed by atoms with van der Waals surface area (Å²) in [5.74, 6) is 0. The average Bonchev–Trinajstić information content (AvgIpc) is 2.78. The fraction of sp³-hybridized carbons (Fsp3) is 0.562. The van der Waals surface area contributed by atoms with Crippen molar-refractivity contribution in [3.63, 3.8) is 0 Å². The molecule has 0 aliphatic rings. The number of aromatic nitrogens is 2. The van der Waals surface area contributed by atoms with E-state index in [9.17, 15) is 0 Å². The van der Waals surface area contributed by atoms with Gasteiger partial charge >= 0.3 is 0 Å². The number of rotatable bonds is 7. The summed E-state index contributed by atoms with van der Waals surface area (Å²) in [5.41, 5.74) is 2.36. The molecule has 0 aliphatic heterocycles. The van der Waals surface area contributed by atoms with Crippen molar-refractivity contribution in [2.24, 2.45) is 0 Å². The molecular formula is C16H24IN3S. The van der Waals surface area contributed by atoms with Gasteiger partial charge in [-0.1, -0.05) is 13.8 Å². The quantitative estimate of drug-likeness (QED) is 0.507. The van der Waals surface area contributed by atoms with E-state index in [1.54, 1.807) is 0 Å². The van der Waals surface area contributed by atoms with Crippen LogP contribution in [-0.4, -0.2) is 34.1 Å². The first kappa shape index (κ1) is 17.0. The molecule has 2 rings (SSSR count). The highest BCUT2D eigenvalue weighted by molar-refractivity contribution is 14.1. The second-order valence-corrected chi connectivity index (χ2v) is 7.11. The van der Waals surface area contributed by atoms with Gasteiger partial charge in [-0.3, -0.25) is 0 Å². The lowest BCUT2D eigenvalue weighted by molar-refractivity contribution is 0.288. The van der Waals surface area contributed by atoms with Crippen molar-refractivity contribution in [1.82, 2.24) is 14.5 Å². The van der Waals surface area contributed by atoms with Crippen LogP contribution in [-0.2, 0) is 0 Å². The number of benzene rings is 1. The summed E-state index contributed by atoms with van der Waals surface area (Å²) in [5, 5.41) is 0. The molecule has 1 heterocycles. The smallest absolute Gasteiger partial charge is 0.178 e. The van der Waals surface area contributed by atoms with Gasteiger partial charge in [-0.25, -0.2) is 0 Å². The molecular weight excluding hydrogens is 393 g/mol. The van der Waals surface area contributed by atoms with E-state index in [1.165, 1.54) is 22.1 Å². The average molecular weight is 417 g/mol. The van der Waals surface area contributed by atoms with Crippen LogP contribution in [0.3, 0.4) is 0 Å². The lowest BCUT2D eigenvalue weighted by atomic mass is 10.1. The number of imidazole rings is 1. The molecule has 21 heavy (non-hydrogen) atoms. The van der Waals surface area contributed by atoms with Gasteiger partial charge < -0.3 is 14.5 Å². The second-order valence-electron chi connectivity index (χ2n) is 5.48. The molecule has 0 spiro atoms. The normalized spacial score (nSPS) is 13.2. The van der Waals surface area contributed by atoms with E-state index in [-0.39, 0.29) is 0 Å². The van der Waals surface area contributed by atoms with E-state index in [4.69, 9.17) is 12.2 Å². The molecule has 1 aromatic heterocycles. The maximum absolute atomic E-state index is 5.51. The van der Waals surface area contributed by atoms with Gasteiger partial charge in [0, 0.05) is 9.61 Å². The van der Waals surface area contributed by atoms with Gasteiger partial charge in [-0.2, -0.15) is 0 Å². The van der Waals surface area contributed by atoms with Crippen molar-refractivity contribution in [3.05, 3.63) is 26.5 Å². The maximum atomic E-state index is 5.51. The third kappa shape index (κ3) is 4.07. The zero-order valence-electron chi connectivity index (χ0n) is 13.0.